The van der Waals surface area contributed by atoms with Crippen molar-refractivity contribution >= 4 is 0 Å². The lowest BCUT2D eigenvalue weighted by Crippen LogP contribution is -2.39. The molecule has 1 unspecified atom stereocenters. The second kappa shape index (κ2) is 4.49. The highest BCUT2D eigenvalue weighted by Crippen LogP contribution is 2.00. The van der Waals surface area contributed by atoms with Gasteiger partial charge < -0.3 is 10.4 Å². The molecule has 1 heterocycles. The molecule has 1 saturated heterocycles. The quantitative estimate of drug-likeness (QED) is 0.543. The van der Waals surface area contributed by atoms with Crippen LogP contribution in [0.2, 0.25) is 0 Å². The second-order valence-corrected chi connectivity index (χ2v) is 2.82. The number of nitrogens with zero attached hydrogens (tertiary/aromatic N) is 1. The smallest absolute Gasteiger partial charge is 0.120 e. The molecule has 2 N–H and O–H groups in total. The lowest BCUT2D eigenvalue weighted by atomic mass is 10.4. The molecule has 0 spiro atoms. The van der Waals surface area contributed by atoms with Crippen LogP contribution >= 0.6 is 0 Å². The van der Waals surface area contributed by atoms with Crippen molar-refractivity contribution in [1.29, 1.82) is 0 Å². The molecule has 0 aromatic heterocycles. The van der Waals surface area contributed by atoms with E-state index in [0.717, 1.165) is 26.1 Å². The van der Waals surface area contributed by atoms with Crippen molar-refractivity contribution < 1.29 is 5.11 Å². The van der Waals surface area contributed by atoms with E-state index in [0.29, 0.717) is 6.54 Å². The average Bonchev–Trinajstić information content (AvgIpc) is 2.18. The largest absolute Gasteiger partial charge is 0.377 e. The van der Waals surface area contributed by atoms with Gasteiger partial charge in [0.05, 0.1) is 0 Å². The third-order valence-electron chi connectivity index (χ3n) is 1.91. The van der Waals surface area contributed by atoms with Crippen LogP contribution in [0, 0.1) is 0 Å². The van der Waals surface area contributed by atoms with E-state index in [4.69, 9.17) is 0 Å². The van der Waals surface area contributed by atoms with E-state index in [9.17, 15) is 5.11 Å². The Morgan fingerprint density at radius 2 is 2.55 bits per heavy atom. The van der Waals surface area contributed by atoms with Crippen LogP contribution in [0.4, 0.5) is 0 Å². The SMILES string of the molecule is C=CCN1CCCNCC1O. The van der Waals surface area contributed by atoms with Crippen LogP contribution in [-0.2, 0) is 0 Å². The first-order chi connectivity index (χ1) is 5.34. The third kappa shape index (κ3) is 2.61. The minimum absolute atomic E-state index is 0.338. The predicted octanol–water partition coefficient (Wildman–Crippen LogP) is -0.214. The van der Waals surface area contributed by atoms with Gasteiger partial charge in [0.2, 0.25) is 0 Å². The fraction of sp³-hybridized carbons (Fsp3) is 0.750. The van der Waals surface area contributed by atoms with Crippen LogP contribution in [0.5, 0.6) is 0 Å². The molecule has 1 rings (SSSR count). The molecule has 0 saturated carbocycles. The average molecular weight is 156 g/mol. The topological polar surface area (TPSA) is 35.5 Å². The molecule has 0 aromatic carbocycles. The third-order valence-corrected chi connectivity index (χ3v) is 1.91. The molecule has 0 aliphatic carbocycles. The Morgan fingerprint density at radius 3 is 3.27 bits per heavy atom. The summed E-state index contributed by atoms with van der Waals surface area (Å²) in [6.45, 7) is 7.06. The Bertz CT molecular complexity index is 127. The van der Waals surface area contributed by atoms with Crippen molar-refractivity contribution in [2.45, 2.75) is 12.6 Å². The van der Waals surface area contributed by atoms with E-state index in [1.54, 1.807) is 0 Å². The van der Waals surface area contributed by atoms with Gasteiger partial charge in [-0.1, -0.05) is 6.08 Å². The molecule has 3 nitrogen and oxygen atoms in total. The number of rotatable bonds is 2. The number of aliphatic hydroxyl groups is 1. The van der Waals surface area contributed by atoms with Gasteiger partial charge in [0.15, 0.2) is 0 Å². The highest BCUT2D eigenvalue weighted by molar-refractivity contribution is 4.77. The van der Waals surface area contributed by atoms with E-state index in [1.165, 1.54) is 0 Å². The summed E-state index contributed by atoms with van der Waals surface area (Å²) in [4.78, 5) is 2.02. The van der Waals surface area contributed by atoms with Crippen molar-refractivity contribution in [2.24, 2.45) is 0 Å². The summed E-state index contributed by atoms with van der Waals surface area (Å²) >= 11 is 0. The molecule has 0 bridgehead atoms. The zero-order valence-corrected chi connectivity index (χ0v) is 6.79. The molecule has 1 aliphatic heterocycles. The molecular formula is C8H16N2O. The van der Waals surface area contributed by atoms with Crippen LogP contribution in [-0.4, -0.2) is 42.4 Å². The van der Waals surface area contributed by atoms with Gasteiger partial charge in [0, 0.05) is 19.6 Å². The molecule has 0 amide bonds. The Balaban J connectivity index is 2.38. The molecule has 1 atom stereocenters. The van der Waals surface area contributed by atoms with E-state index in [1.807, 2.05) is 11.0 Å². The van der Waals surface area contributed by atoms with Crippen LogP contribution in [0.3, 0.4) is 0 Å². The van der Waals surface area contributed by atoms with Gasteiger partial charge in [-0.2, -0.15) is 0 Å². The van der Waals surface area contributed by atoms with Gasteiger partial charge in [0.25, 0.3) is 0 Å². The van der Waals surface area contributed by atoms with E-state index in [-0.39, 0.29) is 6.23 Å². The molecule has 11 heavy (non-hydrogen) atoms. The molecule has 0 radical (unpaired) electrons. The Kier molecular flexibility index (Phi) is 3.56. The normalized spacial score (nSPS) is 27.9. The van der Waals surface area contributed by atoms with E-state index in [2.05, 4.69) is 11.9 Å². The van der Waals surface area contributed by atoms with Gasteiger partial charge in [-0.25, -0.2) is 0 Å². The fourth-order valence-electron chi connectivity index (χ4n) is 1.30. The highest BCUT2D eigenvalue weighted by atomic mass is 16.3. The summed E-state index contributed by atoms with van der Waals surface area (Å²) in [6, 6.07) is 0. The van der Waals surface area contributed by atoms with Gasteiger partial charge in [0.1, 0.15) is 6.23 Å². The van der Waals surface area contributed by atoms with Crippen molar-refractivity contribution in [3.63, 3.8) is 0 Å². The van der Waals surface area contributed by atoms with Crippen molar-refractivity contribution in [1.82, 2.24) is 10.2 Å². The maximum atomic E-state index is 9.50. The van der Waals surface area contributed by atoms with Crippen LogP contribution < -0.4 is 5.32 Å². The summed E-state index contributed by atoms with van der Waals surface area (Å²) in [7, 11) is 0. The molecule has 1 aliphatic rings. The number of β-amino-alcohol motifs (C(OH)–C–C–N with tert-alkyl or cyclic N) is 1. The van der Waals surface area contributed by atoms with Gasteiger partial charge in [-0.15, -0.1) is 6.58 Å². The highest BCUT2D eigenvalue weighted by Gasteiger charge is 2.15. The van der Waals surface area contributed by atoms with Crippen molar-refractivity contribution in [3.8, 4) is 0 Å². The van der Waals surface area contributed by atoms with Crippen LogP contribution in [0.25, 0.3) is 0 Å². The van der Waals surface area contributed by atoms with Gasteiger partial charge in [-0.3, -0.25) is 4.90 Å². The monoisotopic (exact) mass is 156 g/mol. The van der Waals surface area contributed by atoms with Crippen LogP contribution in [0.1, 0.15) is 6.42 Å². The van der Waals surface area contributed by atoms with Crippen LogP contribution in [0.15, 0.2) is 12.7 Å². The first kappa shape index (κ1) is 8.71. The molecular weight excluding hydrogens is 140 g/mol. The molecule has 1 fully saturated rings. The number of hydrogen-bond donors (Lipinski definition) is 2. The lowest BCUT2D eigenvalue weighted by molar-refractivity contribution is 0.0220. The Hall–Kier alpha value is -0.380. The number of nitrogens with one attached hydrogen (secondary N) is 1. The maximum absolute atomic E-state index is 9.50. The first-order valence-electron chi connectivity index (χ1n) is 4.08. The Labute approximate surface area is 67.7 Å². The lowest BCUT2D eigenvalue weighted by Gasteiger charge is -2.23. The minimum atomic E-state index is -0.338. The molecule has 3 heteroatoms. The van der Waals surface area contributed by atoms with Crippen molar-refractivity contribution in [2.75, 3.05) is 26.2 Å². The zero-order valence-electron chi connectivity index (χ0n) is 6.79. The summed E-state index contributed by atoms with van der Waals surface area (Å²) < 4.78 is 0. The first-order valence-corrected chi connectivity index (χ1v) is 4.08. The number of hydrogen-bond acceptors (Lipinski definition) is 3. The minimum Gasteiger partial charge on any atom is -0.377 e. The Morgan fingerprint density at radius 1 is 1.73 bits per heavy atom. The summed E-state index contributed by atoms with van der Waals surface area (Å²) in [6.07, 6.45) is 2.59. The van der Waals surface area contributed by atoms with Gasteiger partial charge >= 0.3 is 0 Å². The summed E-state index contributed by atoms with van der Waals surface area (Å²) in [5, 5.41) is 12.7. The maximum Gasteiger partial charge on any atom is 0.120 e. The second-order valence-electron chi connectivity index (χ2n) is 2.82. The zero-order chi connectivity index (χ0) is 8.10. The fourth-order valence-corrected chi connectivity index (χ4v) is 1.30. The molecule has 0 aromatic rings. The summed E-state index contributed by atoms with van der Waals surface area (Å²) in [5.41, 5.74) is 0. The standard InChI is InChI=1S/C8H16N2O/c1-2-5-10-6-3-4-9-7-8(10)11/h2,8-9,11H,1,3-7H2. The van der Waals surface area contributed by atoms with Crippen molar-refractivity contribution in [3.05, 3.63) is 12.7 Å². The summed E-state index contributed by atoms with van der Waals surface area (Å²) in [5.74, 6) is 0. The van der Waals surface area contributed by atoms with E-state index < -0.39 is 0 Å². The predicted molar refractivity (Wildman–Crippen MR) is 45.3 cm³/mol. The van der Waals surface area contributed by atoms with Gasteiger partial charge in [-0.05, 0) is 13.0 Å². The molecule has 64 valence electrons. The van der Waals surface area contributed by atoms with E-state index >= 15 is 0 Å². The number of aliphatic hydroxyl groups excluding tert-OH is 1.